The van der Waals surface area contributed by atoms with Crippen molar-refractivity contribution in [2.24, 2.45) is 0 Å². The molecule has 2 aromatic carbocycles. The number of benzene rings is 2. The molecular weight excluding hydrogens is 398 g/mol. The van der Waals surface area contributed by atoms with Crippen LogP contribution in [0.5, 0.6) is 0 Å². The highest BCUT2D eigenvalue weighted by molar-refractivity contribution is 7.90. The van der Waals surface area contributed by atoms with Gasteiger partial charge in [-0.15, -0.1) is 11.3 Å². The zero-order valence-electron chi connectivity index (χ0n) is 14.5. The summed E-state index contributed by atoms with van der Waals surface area (Å²) in [6, 6.07) is 15.6. The van der Waals surface area contributed by atoms with Gasteiger partial charge < -0.3 is 5.32 Å². The van der Waals surface area contributed by atoms with Gasteiger partial charge in [0, 0.05) is 23.9 Å². The molecule has 2 heterocycles. The number of aromatic nitrogens is 1. The number of hydrogen-bond acceptors (Lipinski definition) is 6. The number of sulfonamides is 1. The molecule has 3 aromatic rings. The molecular formula is C19H15N3O4S2. The Balaban J connectivity index is 1.41. The highest BCUT2D eigenvalue weighted by atomic mass is 32.2. The quantitative estimate of drug-likeness (QED) is 0.694. The maximum atomic E-state index is 12.5. The topological polar surface area (TPSA) is 96.4 Å². The molecule has 1 aliphatic heterocycles. The summed E-state index contributed by atoms with van der Waals surface area (Å²) < 4.78 is 25.7. The number of nitrogens with zero attached hydrogens (tertiary/aromatic N) is 2. The van der Waals surface area contributed by atoms with E-state index in [-0.39, 0.29) is 23.4 Å². The molecule has 0 fully saturated rings. The minimum atomic E-state index is -3.91. The van der Waals surface area contributed by atoms with Crippen LogP contribution in [-0.4, -0.2) is 36.1 Å². The number of carbonyl (C=O) groups is 2. The lowest BCUT2D eigenvalue weighted by molar-refractivity contribution is -0.116. The highest BCUT2D eigenvalue weighted by Crippen LogP contribution is 2.30. The second-order valence-corrected chi connectivity index (χ2v) is 8.77. The fourth-order valence-electron chi connectivity index (χ4n) is 2.91. The Hall–Kier alpha value is -3.04. The number of nitrogens with one attached hydrogen (secondary N) is 1. The first-order valence-corrected chi connectivity index (χ1v) is 10.8. The molecule has 1 N–H and O–H groups in total. The average Bonchev–Trinajstić information content (AvgIpc) is 3.23. The van der Waals surface area contributed by atoms with Gasteiger partial charge in [-0.3, -0.25) is 9.59 Å². The van der Waals surface area contributed by atoms with Crippen molar-refractivity contribution < 1.29 is 18.0 Å². The Labute approximate surface area is 165 Å². The van der Waals surface area contributed by atoms with Gasteiger partial charge in [-0.2, -0.15) is 0 Å². The highest BCUT2D eigenvalue weighted by Gasteiger charge is 2.40. The van der Waals surface area contributed by atoms with Gasteiger partial charge in [-0.05, 0) is 12.1 Å². The number of amides is 2. The van der Waals surface area contributed by atoms with Gasteiger partial charge in [-0.1, -0.05) is 42.5 Å². The molecule has 7 nitrogen and oxygen atoms in total. The molecule has 0 saturated heterocycles. The van der Waals surface area contributed by atoms with Gasteiger partial charge in [0.2, 0.25) is 5.91 Å². The van der Waals surface area contributed by atoms with Gasteiger partial charge in [0.15, 0.2) is 5.13 Å². The van der Waals surface area contributed by atoms with E-state index in [9.17, 15) is 18.0 Å². The smallest absolute Gasteiger partial charge is 0.269 e. The van der Waals surface area contributed by atoms with Gasteiger partial charge in [0.05, 0.1) is 11.3 Å². The molecule has 2 amide bonds. The van der Waals surface area contributed by atoms with Crippen molar-refractivity contribution in [2.45, 2.75) is 11.3 Å². The summed E-state index contributed by atoms with van der Waals surface area (Å²) in [4.78, 5) is 28.9. The van der Waals surface area contributed by atoms with Gasteiger partial charge in [-0.25, -0.2) is 17.7 Å². The first-order valence-electron chi connectivity index (χ1n) is 8.44. The molecule has 9 heteroatoms. The van der Waals surface area contributed by atoms with Crippen LogP contribution in [0, 0.1) is 0 Å². The fourth-order valence-corrected chi connectivity index (χ4v) is 5.22. The lowest BCUT2D eigenvalue weighted by atomic mass is 10.2. The molecule has 0 saturated carbocycles. The summed E-state index contributed by atoms with van der Waals surface area (Å²) >= 11 is 1.28. The molecule has 0 unspecified atom stereocenters. The lowest BCUT2D eigenvalue weighted by Gasteiger charge is -2.14. The van der Waals surface area contributed by atoms with Crippen LogP contribution >= 0.6 is 11.3 Å². The second kappa shape index (κ2) is 7.17. The lowest BCUT2D eigenvalue weighted by Crippen LogP contribution is -2.33. The Kier molecular flexibility index (Phi) is 4.70. The summed E-state index contributed by atoms with van der Waals surface area (Å²) in [7, 11) is -3.91. The van der Waals surface area contributed by atoms with E-state index < -0.39 is 21.8 Å². The Morgan fingerprint density at radius 1 is 1.07 bits per heavy atom. The molecule has 0 spiro atoms. The number of carbonyl (C=O) groups excluding carboxylic acids is 2. The van der Waals surface area contributed by atoms with Crippen molar-refractivity contribution in [1.29, 1.82) is 0 Å². The van der Waals surface area contributed by atoms with Crippen molar-refractivity contribution in [3.05, 3.63) is 65.5 Å². The molecule has 1 aliphatic rings. The number of rotatable bonds is 5. The monoisotopic (exact) mass is 413 g/mol. The van der Waals surface area contributed by atoms with Crippen molar-refractivity contribution in [1.82, 2.24) is 9.29 Å². The van der Waals surface area contributed by atoms with Gasteiger partial charge >= 0.3 is 0 Å². The third-order valence-electron chi connectivity index (χ3n) is 4.27. The molecule has 1 aromatic heterocycles. The van der Waals surface area contributed by atoms with Crippen LogP contribution in [0.1, 0.15) is 16.8 Å². The number of hydrogen-bond donors (Lipinski definition) is 1. The number of thiazole rings is 1. The van der Waals surface area contributed by atoms with Crippen LogP contribution in [0.4, 0.5) is 5.13 Å². The fraction of sp³-hybridized carbons (Fsp3) is 0.105. The van der Waals surface area contributed by atoms with Crippen LogP contribution in [0.25, 0.3) is 11.3 Å². The standard InChI is InChI=1S/C19H15N3O4S2/c23-17(21-19-20-15(12-27-19)13-6-2-1-3-7-13)10-11-22-18(24)14-8-4-5-9-16(14)28(22,25)26/h1-9,12H,10-11H2,(H,20,21,23). The number of anilines is 1. The molecule has 0 radical (unpaired) electrons. The van der Waals surface area contributed by atoms with Gasteiger partial charge in [0.25, 0.3) is 15.9 Å². The first kappa shape index (κ1) is 18.3. The first-order chi connectivity index (χ1) is 13.5. The van der Waals surface area contributed by atoms with Crippen LogP contribution in [0.2, 0.25) is 0 Å². The third kappa shape index (κ3) is 3.30. The third-order valence-corrected chi connectivity index (χ3v) is 6.87. The van der Waals surface area contributed by atoms with Crippen LogP contribution in [0.3, 0.4) is 0 Å². The summed E-state index contributed by atoms with van der Waals surface area (Å²) in [6.45, 7) is -0.224. The normalized spacial score (nSPS) is 14.7. The van der Waals surface area contributed by atoms with E-state index in [1.807, 2.05) is 35.7 Å². The minimum absolute atomic E-state index is 0.0205. The van der Waals surface area contributed by atoms with Crippen LogP contribution in [0.15, 0.2) is 64.9 Å². The molecule has 0 bridgehead atoms. The van der Waals surface area contributed by atoms with E-state index in [4.69, 9.17) is 0 Å². The maximum absolute atomic E-state index is 12.5. The summed E-state index contributed by atoms with van der Waals surface area (Å²) in [5, 5.41) is 4.90. The van der Waals surface area contributed by atoms with Crippen LogP contribution in [-0.2, 0) is 14.8 Å². The zero-order valence-corrected chi connectivity index (χ0v) is 16.2. The SMILES string of the molecule is O=C(CCN1C(=O)c2ccccc2S1(=O)=O)Nc1nc(-c2ccccc2)cs1. The maximum Gasteiger partial charge on any atom is 0.269 e. The largest absolute Gasteiger partial charge is 0.302 e. The van der Waals surface area contributed by atoms with Crippen molar-refractivity contribution in [2.75, 3.05) is 11.9 Å². The van der Waals surface area contributed by atoms with E-state index in [0.29, 0.717) is 5.13 Å². The number of fused-ring (bicyclic) bond motifs is 1. The molecule has 4 rings (SSSR count). The van der Waals surface area contributed by atoms with Crippen LogP contribution < -0.4 is 5.32 Å². The van der Waals surface area contributed by atoms with E-state index in [2.05, 4.69) is 10.3 Å². The predicted octanol–water partition coefficient (Wildman–Crippen LogP) is 2.98. The molecule has 0 aliphatic carbocycles. The molecule has 28 heavy (non-hydrogen) atoms. The van der Waals surface area contributed by atoms with Crippen molar-refractivity contribution in [3.8, 4) is 11.3 Å². The summed E-state index contributed by atoms with van der Waals surface area (Å²) in [5.41, 5.74) is 1.81. The van der Waals surface area contributed by atoms with E-state index in [0.717, 1.165) is 15.6 Å². The summed E-state index contributed by atoms with van der Waals surface area (Å²) in [6.07, 6.45) is -0.154. The van der Waals surface area contributed by atoms with Crippen molar-refractivity contribution in [3.63, 3.8) is 0 Å². The molecule has 0 atom stereocenters. The van der Waals surface area contributed by atoms with Crippen molar-refractivity contribution >= 4 is 38.3 Å². The minimum Gasteiger partial charge on any atom is -0.302 e. The van der Waals surface area contributed by atoms with E-state index in [1.54, 1.807) is 12.1 Å². The second-order valence-electron chi connectivity index (χ2n) is 6.08. The summed E-state index contributed by atoms with van der Waals surface area (Å²) in [5.74, 6) is -1.02. The predicted molar refractivity (Wildman–Crippen MR) is 105 cm³/mol. The Morgan fingerprint density at radius 2 is 1.79 bits per heavy atom. The van der Waals surface area contributed by atoms with E-state index in [1.165, 1.54) is 23.5 Å². The van der Waals surface area contributed by atoms with E-state index >= 15 is 0 Å². The average molecular weight is 413 g/mol. The molecule has 142 valence electrons. The van der Waals surface area contributed by atoms with Gasteiger partial charge in [0.1, 0.15) is 4.90 Å². The zero-order chi connectivity index (χ0) is 19.7. The Bertz CT molecular complexity index is 1160. The Morgan fingerprint density at radius 3 is 2.54 bits per heavy atom.